The standard InChI is InChI=1S/C40H51N3O8/c1-40(2,3)51-39(47)41-18-16-33(29-10-5-8-27(22-29)28-9-6-11-32(23-28)49-21-19-44)34(25-41)38(46)43(30-12-13-30)31-14-15-36-35(24-31)42(17-7-20-48-4)37(45)26-50-36/h5-6,8-11,14-15,22-24,30,33-34,37,44-45H,7,12-13,16-21,25-26H2,1-4H3/t33-,34+,37?/m1/s1. The van der Waals surface area contributed by atoms with Crippen LogP contribution < -0.4 is 19.3 Å². The summed E-state index contributed by atoms with van der Waals surface area (Å²) in [5, 5.41) is 20.1. The molecule has 51 heavy (non-hydrogen) atoms. The number of piperidine rings is 1. The van der Waals surface area contributed by atoms with Gasteiger partial charge in [-0.1, -0.05) is 36.4 Å². The molecule has 6 rings (SSSR count). The van der Waals surface area contributed by atoms with Crippen molar-refractivity contribution in [3.05, 3.63) is 72.3 Å². The molecule has 2 fully saturated rings. The van der Waals surface area contributed by atoms with Crippen LogP contribution in [-0.2, 0) is 14.3 Å². The summed E-state index contributed by atoms with van der Waals surface area (Å²) in [6.07, 6.45) is 1.86. The molecule has 2 heterocycles. The summed E-state index contributed by atoms with van der Waals surface area (Å²) in [5.74, 6) is 0.616. The zero-order chi connectivity index (χ0) is 36.1. The van der Waals surface area contributed by atoms with E-state index in [1.807, 2.05) is 85.2 Å². The largest absolute Gasteiger partial charge is 0.491 e. The highest BCUT2D eigenvalue weighted by Crippen LogP contribution is 2.43. The molecule has 3 atom stereocenters. The number of anilines is 2. The Labute approximate surface area is 300 Å². The lowest BCUT2D eigenvalue weighted by molar-refractivity contribution is -0.124. The monoisotopic (exact) mass is 701 g/mol. The summed E-state index contributed by atoms with van der Waals surface area (Å²) in [6, 6.07) is 21.8. The second kappa shape index (κ2) is 15.9. The summed E-state index contributed by atoms with van der Waals surface area (Å²) in [4.78, 5) is 33.9. The molecule has 1 saturated carbocycles. The van der Waals surface area contributed by atoms with Crippen molar-refractivity contribution in [1.29, 1.82) is 0 Å². The van der Waals surface area contributed by atoms with Crippen molar-refractivity contribution in [3.63, 3.8) is 0 Å². The first-order chi connectivity index (χ1) is 24.6. The van der Waals surface area contributed by atoms with Gasteiger partial charge in [-0.15, -0.1) is 0 Å². The Balaban J connectivity index is 1.34. The third-order valence-corrected chi connectivity index (χ3v) is 9.60. The predicted octanol–water partition coefficient (Wildman–Crippen LogP) is 5.81. The van der Waals surface area contributed by atoms with E-state index in [-0.39, 0.29) is 44.2 Å². The number of nitrogens with zero attached hydrogens (tertiary/aromatic N) is 3. The number of amides is 2. The van der Waals surface area contributed by atoms with Crippen molar-refractivity contribution >= 4 is 23.4 Å². The van der Waals surface area contributed by atoms with Gasteiger partial charge in [0.15, 0.2) is 6.23 Å². The quantitative estimate of drug-likeness (QED) is 0.225. The number of likely N-dealkylation sites (tertiary alicyclic amines) is 1. The Bertz CT molecular complexity index is 1670. The van der Waals surface area contributed by atoms with Crippen LogP contribution in [0, 0.1) is 5.92 Å². The van der Waals surface area contributed by atoms with Gasteiger partial charge in [-0.3, -0.25) is 4.79 Å². The molecule has 11 heteroatoms. The number of methoxy groups -OCH3 is 1. The van der Waals surface area contributed by atoms with Gasteiger partial charge in [-0.25, -0.2) is 4.79 Å². The minimum atomic E-state index is -0.811. The van der Waals surface area contributed by atoms with Gasteiger partial charge in [-0.05, 0) is 99.4 Å². The van der Waals surface area contributed by atoms with Crippen molar-refractivity contribution in [1.82, 2.24) is 4.90 Å². The maximum absolute atomic E-state index is 15.0. The minimum Gasteiger partial charge on any atom is -0.491 e. The first kappa shape index (κ1) is 36.5. The van der Waals surface area contributed by atoms with E-state index in [1.54, 1.807) is 12.0 Å². The minimum absolute atomic E-state index is 0.0382. The number of benzene rings is 3. The highest BCUT2D eigenvalue weighted by molar-refractivity contribution is 5.98. The Morgan fingerprint density at radius 3 is 2.47 bits per heavy atom. The molecule has 0 aromatic heterocycles. The fourth-order valence-electron chi connectivity index (χ4n) is 7.07. The zero-order valence-corrected chi connectivity index (χ0v) is 30.1. The van der Waals surface area contributed by atoms with Crippen molar-refractivity contribution < 1.29 is 38.7 Å². The van der Waals surface area contributed by atoms with Gasteiger partial charge in [0.05, 0.1) is 18.2 Å². The second-order valence-corrected chi connectivity index (χ2v) is 14.6. The summed E-state index contributed by atoms with van der Waals surface area (Å²) < 4.78 is 22.6. The van der Waals surface area contributed by atoms with Crippen LogP contribution in [0.25, 0.3) is 11.1 Å². The SMILES string of the molecule is COCCCN1c2cc(N(C(=O)[C@H]3CN(C(=O)OC(C)(C)C)CC[C@@H]3c3cccc(-c4cccc(OCCO)c4)c3)C3CC3)ccc2OCC1O. The van der Waals surface area contributed by atoms with Crippen LogP contribution in [0.4, 0.5) is 16.2 Å². The van der Waals surface area contributed by atoms with E-state index in [2.05, 4.69) is 12.1 Å². The molecule has 2 aliphatic heterocycles. The lowest BCUT2D eigenvalue weighted by Gasteiger charge is -2.41. The average Bonchev–Trinajstić information content (AvgIpc) is 3.96. The third-order valence-electron chi connectivity index (χ3n) is 9.60. The van der Waals surface area contributed by atoms with E-state index < -0.39 is 23.8 Å². The van der Waals surface area contributed by atoms with Gasteiger partial charge in [-0.2, -0.15) is 0 Å². The van der Waals surface area contributed by atoms with E-state index in [9.17, 15) is 15.0 Å². The van der Waals surface area contributed by atoms with Crippen LogP contribution in [0.5, 0.6) is 11.5 Å². The van der Waals surface area contributed by atoms with Crippen LogP contribution in [0.15, 0.2) is 66.7 Å². The molecule has 3 aromatic carbocycles. The molecule has 1 aliphatic carbocycles. The normalized spacial score (nSPS) is 20.3. The molecule has 0 bridgehead atoms. The lowest BCUT2D eigenvalue weighted by atomic mass is 9.78. The molecule has 3 aliphatic rings. The molecule has 0 spiro atoms. The molecular weight excluding hydrogens is 650 g/mol. The Morgan fingerprint density at radius 2 is 1.75 bits per heavy atom. The lowest BCUT2D eigenvalue weighted by Crippen LogP contribution is -2.51. The molecule has 1 saturated heterocycles. The second-order valence-electron chi connectivity index (χ2n) is 14.6. The molecule has 3 aromatic rings. The number of aliphatic hydroxyl groups excluding tert-OH is 2. The van der Waals surface area contributed by atoms with Crippen LogP contribution >= 0.6 is 0 Å². The van der Waals surface area contributed by atoms with E-state index in [0.717, 1.165) is 47.3 Å². The van der Waals surface area contributed by atoms with Gasteiger partial charge in [0, 0.05) is 45.1 Å². The summed E-state index contributed by atoms with van der Waals surface area (Å²) in [6.45, 7) is 7.68. The number of rotatable bonds is 12. The highest BCUT2D eigenvalue weighted by atomic mass is 16.6. The van der Waals surface area contributed by atoms with Crippen LogP contribution in [0.3, 0.4) is 0 Å². The van der Waals surface area contributed by atoms with Gasteiger partial charge in [0.1, 0.15) is 30.3 Å². The van der Waals surface area contributed by atoms with Gasteiger partial charge < -0.3 is 43.9 Å². The smallest absolute Gasteiger partial charge is 0.410 e. The van der Waals surface area contributed by atoms with E-state index in [4.69, 9.17) is 18.9 Å². The number of hydrogen-bond acceptors (Lipinski definition) is 9. The Morgan fingerprint density at radius 1 is 0.980 bits per heavy atom. The number of fused-ring (bicyclic) bond motifs is 1. The summed E-state index contributed by atoms with van der Waals surface area (Å²) in [5.41, 5.74) is 3.81. The topological polar surface area (TPSA) is 121 Å². The highest BCUT2D eigenvalue weighted by Gasteiger charge is 2.44. The van der Waals surface area contributed by atoms with Crippen molar-refractivity contribution in [2.24, 2.45) is 5.92 Å². The van der Waals surface area contributed by atoms with Crippen LogP contribution in [0.1, 0.15) is 57.9 Å². The zero-order valence-electron chi connectivity index (χ0n) is 30.1. The third kappa shape index (κ3) is 8.77. The van der Waals surface area contributed by atoms with Gasteiger partial charge >= 0.3 is 6.09 Å². The van der Waals surface area contributed by atoms with Crippen molar-refractivity contribution in [3.8, 4) is 22.6 Å². The first-order valence-electron chi connectivity index (χ1n) is 18.0. The molecular formula is C40H51N3O8. The molecule has 0 radical (unpaired) electrons. The Kier molecular flexibility index (Phi) is 11.4. The van der Waals surface area contributed by atoms with Gasteiger partial charge in [0.25, 0.3) is 0 Å². The fourth-order valence-corrected chi connectivity index (χ4v) is 7.07. The van der Waals surface area contributed by atoms with E-state index >= 15 is 4.79 Å². The average molecular weight is 702 g/mol. The van der Waals surface area contributed by atoms with E-state index in [0.29, 0.717) is 37.6 Å². The number of ether oxygens (including phenoxy) is 4. The fraction of sp³-hybridized carbons (Fsp3) is 0.500. The van der Waals surface area contributed by atoms with Crippen molar-refractivity contribution in [2.75, 3.05) is 63.0 Å². The number of aliphatic hydroxyl groups is 2. The maximum atomic E-state index is 15.0. The van der Waals surface area contributed by atoms with Crippen molar-refractivity contribution in [2.45, 2.75) is 70.2 Å². The summed E-state index contributed by atoms with van der Waals surface area (Å²) in [7, 11) is 1.66. The first-order valence-corrected chi connectivity index (χ1v) is 18.0. The molecule has 1 unspecified atom stereocenters. The van der Waals surface area contributed by atoms with E-state index in [1.165, 1.54) is 0 Å². The molecule has 11 nitrogen and oxygen atoms in total. The van der Waals surface area contributed by atoms with Crippen LogP contribution in [0.2, 0.25) is 0 Å². The predicted molar refractivity (Wildman–Crippen MR) is 195 cm³/mol. The molecule has 2 N–H and O–H groups in total. The summed E-state index contributed by atoms with van der Waals surface area (Å²) >= 11 is 0. The molecule has 2 amide bonds. The number of carbonyl (C=O) groups is 2. The molecule has 274 valence electrons. The number of hydrogen-bond donors (Lipinski definition) is 2. The number of carbonyl (C=O) groups excluding carboxylic acids is 2. The Hall–Kier alpha value is -4.32. The van der Waals surface area contributed by atoms with Crippen LogP contribution in [-0.4, -0.2) is 98.2 Å². The maximum Gasteiger partial charge on any atom is 0.410 e. The van der Waals surface area contributed by atoms with Gasteiger partial charge in [0.2, 0.25) is 5.91 Å².